The van der Waals surface area contributed by atoms with Crippen LogP contribution in [-0.2, 0) is 0 Å². The molecule has 0 spiro atoms. The van der Waals surface area contributed by atoms with Crippen LogP contribution in [0.25, 0.3) is 0 Å². The van der Waals surface area contributed by atoms with Crippen molar-refractivity contribution in [3.8, 4) is 0 Å². The summed E-state index contributed by atoms with van der Waals surface area (Å²) in [5.74, 6) is 1.05. The Morgan fingerprint density at radius 2 is 2.12 bits per heavy atom. The second kappa shape index (κ2) is 4.30. The summed E-state index contributed by atoms with van der Waals surface area (Å²) in [5.41, 5.74) is 0.560. The van der Waals surface area contributed by atoms with E-state index in [-0.39, 0.29) is 0 Å². The van der Waals surface area contributed by atoms with Gasteiger partial charge in [-0.1, -0.05) is 13.3 Å². The van der Waals surface area contributed by atoms with Gasteiger partial charge < -0.3 is 5.32 Å². The van der Waals surface area contributed by atoms with Crippen molar-refractivity contribution >= 4 is 0 Å². The number of likely N-dealkylation sites (tertiary alicyclic amines) is 1. The predicted octanol–water partition coefficient (Wildman–Crippen LogP) is 2.25. The van der Waals surface area contributed by atoms with Crippen LogP contribution in [0.4, 0.5) is 0 Å². The zero-order valence-corrected chi connectivity index (χ0v) is 10.7. The first-order chi connectivity index (χ1) is 7.77. The predicted molar refractivity (Wildman–Crippen MR) is 67.5 cm³/mol. The molecule has 2 nitrogen and oxygen atoms in total. The van der Waals surface area contributed by atoms with Crippen molar-refractivity contribution in [3.05, 3.63) is 0 Å². The fraction of sp³-hybridized carbons (Fsp3) is 1.00. The van der Waals surface area contributed by atoms with Crippen LogP contribution in [0.5, 0.6) is 0 Å². The van der Waals surface area contributed by atoms with Gasteiger partial charge in [0.15, 0.2) is 0 Å². The SMILES string of the molecule is CC1(CN2CCCC3CCCC32)CCNC1. The largest absolute Gasteiger partial charge is 0.316 e. The van der Waals surface area contributed by atoms with Crippen LogP contribution in [0, 0.1) is 11.3 Å². The van der Waals surface area contributed by atoms with Gasteiger partial charge in [0.2, 0.25) is 0 Å². The number of nitrogens with one attached hydrogen (secondary N) is 1. The number of rotatable bonds is 2. The Morgan fingerprint density at radius 3 is 2.94 bits per heavy atom. The molecule has 0 aromatic carbocycles. The molecule has 3 rings (SSSR count). The van der Waals surface area contributed by atoms with Crippen LogP contribution in [0.3, 0.4) is 0 Å². The Balaban J connectivity index is 1.64. The van der Waals surface area contributed by atoms with Crippen LogP contribution in [0.2, 0.25) is 0 Å². The molecule has 2 saturated heterocycles. The Labute approximate surface area is 99.8 Å². The summed E-state index contributed by atoms with van der Waals surface area (Å²) in [6.45, 7) is 7.67. The van der Waals surface area contributed by atoms with Gasteiger partial charge in [-0.05, 0) is 56.5 Å². The Morgan fingerprint density at radius 1 is 1.25 bits per heavy atom. The van der Waals surface area contributed by atoms with E-state index < -0.39 is 0 Å². The van der Waals surface area contributed by atoms with Gasteiger partial charge in [-0.15, -0.1) is 0 Å². The van der Waals surface area contributed by atoms with Gasteiger partial charge in [0, 0.05) is 19.1 Å². The molecule has 1 N–H and O–H groups in total. The summed E-state index contributed by atoms with van der Waals surface area (Å²) in [5, 5.41) is 3.54. The standard InChI is InChI=1S/C14H26N2/c1-14(7-8-15-10-14)11-16-9-3-5-12-4-2-6-13(12)16/h12-13,15H,2-11H2,1H3. The lowest BCUT2D eigenvalue weighted by molar-refractivity contribution is 0.0718. The van der Waals surface area contributed by atoms with Gasteiger partial charge in [0.1, 0.15) is 0 Å². The maximum Gasteiger partial charge on any atom is 0.0124 e. The highest BCUT2D eigenvalue weighted by atomic mass is 15.2. The highest BCUT2D eigenvalue weighted by molar-refractivity contribution is 4.94. The van der Waals surface area contributed by atoms with Crippen molar-refractivity contribution in [1.29, 1.82) is 0 Å². The molecule has 3 unspecified atom stereocenters. The third kappa shape index (κ3) is 2.02. The Bertz CT molecular complexity index is 245. The number of hydrogen-bond acceptors (Lipinski definition) is 2. The monoisotopic (exact) mass is 222 g/mol. The average molecular weight is 222 g/mol. The molecule has 2 aliphatic heterocycles. The third-order valence-electron chi connectivity index (χ3n) is 5.15. The third-order valence-corrected chi connectivity index (χ3v) is 5.15. The van der Waals surface area contributed by atoms with Crippen LogP contribution >= 0.6 is 0 Å². The van der Waals surface area contributed by atoms with E-state index in [1.807, 2.05) is 0 Å². The summed E-state index contributed by atoms with van der Waals surface area (Å²) < 4.78 is 0. The molecule has 1 saturated carbocycles. The molecule has 16 heavy (non-hydrogen) atoms. The summed E-state index contributed by atoms with van der Waals surface area (Å²) in [4.78, 5) is 2.84. The first kappa shape index (κ1) is 11.0. The fourth-order valence-electron chi connectivity index (χ4n) is 4.25. The van der Waals surface area contributed by atoms with Crippen molar-refractivity contribution in [2.75, 3.05) is 26.2 Å². The van der Waals surface area contributed by atoms with Crippen LogP contribution in [0.15, 0.2) is 0 Å². The van der Waals surface area contributed by atoms with Crippen LogP contribution < -0.4 is 5.32 Å². The molecule has 0 radical (unpaired) electrons. The summed E-state index contributed by atoms with van der Waals surface area (Å²) in [6.07, 6.45) is 8.81. The number of nitrogens with zero attached hydrogens (tertiary/aromatic N) is 1. The van der Waals surface area contributed by atoms with E-state index in [1.165, 1.54) is 64.7 Å². The number of piperidine rings is 1. The first-order valence-electron chi connectivity index (χ1n) is 7.22. The lowest BCUT2D eigenvalue weighted by Crippen LogP contribution is -2.47. The van der Waals surface area contributed by atoms with E-state index in [1.54, 1.807) is 0 Å². The highest BCUT2D eigenvalue weighted by Crippen LogP contribution is 2.38. The van der Waals surface area contributed by atoms with E-state index in [4.69, 9.17) is 0 Å². The molecular weight excluding hydrogens is 196 g/mol. The van der Waals surface area contributed by atoms with Crippen LogP contribution in [-0.4, -0.2) is 37.1 Å². The average Bonchev–Trinajstić information content (AvgIpc) is 2.87. The highest BCUT2D eigenvalue weighted by Gasteiger charge is 2.39. The summed E-state index contributed by atoms with van der Waals surface area (Å²) in [6, 6.07) is 0.950. The molecule has 3 atom stereocenters. The lowest BCUT2D eigenvalue weighted by Gasteiger charge is -2.42. The zero-order valence-electron chi connectivity index (χ0n) is 10.7. The molecule has 92 valence electrons. The topological polar surface area (TPSA) is 15.3 Å². The molecule has 0 aromatic heterocycles. The Hall–Kier alpha value is -0.0800. The van der Waals surface area contributed by atoms with Crippen molar-refractivity contribution < 1.29 is 0 Å². The molecule has 3 aliphatic rings. The molecule has 2 heterocycles. The maximum atomic E-state index is 3.54. The van der Waals surface area contributed by atoms with Gasteiger partial charge in [-0.2, -0.15) is 0 Å². The van der Waals surface area contributed by atoms with Crippen molar-refractivity contribution in [2.24, 2.45) is 11.3 Å². The molecule has 1 aliphatic carbocycles. The molecule has 0 aromatic rings. The minimum Gasteiger partial charge on any atom is -0.316 e. The zero-order chi connectivity index (χ0) is 11.0. The molecule has 3 fully saturated rings. The Kier molecular flexibility index (Phi) is 2.97. The summed E-state index contributed by atoms with van der Waals surface area (Å²) >= 11 is 0. The molecule has 2 heteroatoms. The van der Waals surface area contributed by atoms with Crippen LogP contribution in [0.1, 0.15) is 45.4 Å². The van der Waals surface area contributed by atoms with Gasteiger partial charge in [0.05, 0.1) is 0 Å². The van der Waals surface area contributed by atoms with E-state index in [0.29, 0.717) is 5.41 Å². The summed E-state index contributed by atoms with van der Waals surface area (Å²) in [7, 11) is 0. The second-order valence-electron chi connectivity index (χ2n) is 6.61. The molecule has 0 bridgehead atoms. The number of fused-ring (bicyclic) bond motifs is 1. The van der Waals surface area contributed by atoms with E-state index in [2.05, 4.69) is 17.1 Å². The lowest BCUT2D eigenvalue weighted by atomic mass is 9.85. The van der Waals surface area contributed by atoms with Gasteiger partial charge in [0.25, 0.3) is 0 Å². The normalized spacial score (nSPS) is 44.8. The van der Waals surface area contributed by atoms with E-state index in [0.717, 1.165) is 12.0 Å². The van der Waals surface area contributed by atoms with Gasteiger partial charge in [-0.25, -0.2) is 0 Å². The van der Waals surface area contributed by atoms with Crippen molar-refractivity contribution in [3.63, 3.8) is 0 Å². The first-order valence-corrected chi connectivity index (χ1v) is 7.22. The maximum absolute atomic E-state index is 3.54. The van der Waals surface area contributed by atoms with Crippen molar-refractivity contribution in [2.45, 2.75) is 51.5 Å². The van der Waals surface area contributed by atoms with Gasteiger partial charge in [-0.3, -0.25) is 4.90 Å². The minimum atomic E-state index is 0.560. The van der Waals surface area contributed by atoms with Crippen molar-refractivity contribution in [1.82, 2.24) is 10.2 Å². The quantitative estimate of drug-likeness (QED) is 0.771. The van der Waals surface area contributed by atoms with E-state index in [9.17, 15) is 0 Å². The van der Waals surface area contributed by atoms with Gasteiger partial charge >= 0.3 is 0 Å². The molecule has 0 amide bonds. The second-order valence-corrected chi connectivity index (χ2v) is 6.61. The minimum absolute atomic E-state index is 0.560. The smallest absolute Gasteiger partial charge is 0.0124 e. The molecular formula is C14H26N2. The number of hydrogen-bond donors (Lipinski definition) is 1. The van der Waals surface area contributed by atoms with E-state index >= 15 is 0 Å². The fourth-order valence-corrected chi connectivity index (χ4v) is 4.25.